The summed E-state index contributed by atoms with van der Waals surface area (Å²) in [5.41, 5.74) is 1.86. The first-order chi connectivity index (χ1) is 6.79. The second kappa shape index (κ2) is 4.37. The third kappa shape index (κ3) is 2.52. The summed E-state index contributed by atoms with van der Waals surface area (Å²) in [6, 6.07) is 10.6. The maximum Gasteiger partial charge on any atom is 0.0550 e. The van der Waals surface area contributed by atoms with Gasteiger partial charge in [0, 0.05) is 16.9 Å². The highest BCUT2D eigenvalue weighted by atomic mass is 32.2. The Bertz CT molecular complexity index is 280. The van der Waals surface area contributed by atoms with Crippen LogP contribution in [-0.2, 0) is 10.5 Å². The second-order valence-electron chi connectivity index (χ2n) is 4.28. The molecule has 0 spiro atoms. The average molecular weight is 208 g/mol. The Morgan fingerprint density at radius 2 is 2.00 bits per heavy atom. The molecule has 2 rings (SSSR count). The summed E-state index contributed by atoms with van der Waals surface area (Å²) in [5, 5.41) is 0. The Kier molecular flexibility index (Phi) is 3.14. The molecule has 1 saturated heterocycles. The zero-order chi connectivity index (χ0) is 9.86. The van der Waals surface area contributed by atoms with Crippen molar-refractivity contribution >= 4 is 11.8 Å². The van der Waals surface area contributed by atoms with Crippen LogP contribution in [0.3, 0.4) is 0 Å². The fourth-order valence-corrected chi connectivity index (χ4v) is 2.71. The molecule has 1 heterocycles. The summed E-state index contributed by atoms with van der Waals surface area (Å²) in [5.74, 6) is 2.33. The van der Waals surface area contributed by atoms with E-state index in [0.29, 0.717) is 5.41 Å². The van der Waals surface area contributed by atoms with Gasteiger partial charge in [-0.15, -0.1) is 0 Å². The van der Waals surface area contributed by atoms with Crippen LogP contribution in [-0.4, -0.2) is 19.0 Å². The largest absolute Gasteiger partial charge is 0.380 e. The molecular weight excluding hydrogens is 192 g/mol. The van der Waals surface area contributed by atoms with Crippen molar-refractivity contribution in [2.75, 3.05) is 19.0 Å². The van der Waals surface area contributed by atoms with Gasteiger partial charge in [0.25, 0.3) is 0 Å². The van der Waals surface area contributed by atoms with E-state index in [-0.39, 0.29) is 0 Å². The number of hydrogen-bond donors (Lipinski definition) is 0. The zero-order valence-corrected chi connectivity index (χ0v) is 9.35. The van der Waals surface area contributed by atoms with Crippen molar-refractivity contribution in [3.05, 3.63) is 35.9 Å². The summed E-state index contributed by atoms with van der Waals surface area (Å²) < 4.78 is 5.23. The van der Waals surface area contributed by atoms with E-state index in [9.17, 15) is 0 Å². The van der Waals surface area contributed by atoms with Gasteiger partial charge in [-0.25, -0.2) is 0 Å². The molecule has 1 aromatic carbocycles. The van der Waals surface area contributed by atoms with E-state index in [1.54, 1.807) is 0 Å². The van der Waals surface area contributed by atoms with Crippen molar-refractivity contribution in [3.63, 3.8) is 0 Å². The van der Waals surface area contributed by atoms with Crippen molar-refractivity contribution in [2.45, 2.75) is 12.7 Å². The molecule has 0 saturated carbocycles. The van der Waals surface area contributed by atoms with Crippen molar-refractivity contribution in [1.82, 2.24) is 0 Å². The molecule has 1 aliphatic heterocycles. The van der Waals surface area contributed by atoms with Crippen LogP contribution in [0.5, 0.6) is 0 Å². The fraction of sp³-hybridized carbons (Fsp3) is 0.500. The zero-order valence-electron chi connectivity index (χ0n) is 8.53. The SMILES string of the molecule is CC1(CSCc2ccccc2)COC1. The van der Waals surface area contributed by atoms with Gasteiger partial charge in [0.1, 0.15) is 0 Å². The lowest BCUT2D eigenvalue weighted by Gasteiger charge is -2.37. The summed E-state index contributed by atoms with van der Waals surface area (Å²) in [6.45, 7) is 4.18. The number of rotatable bonds is 4. The third-order valence-corrected chi connectivity index (χ3v) is 3.90. The minimum absolute atomic E-state index is 0.444. The average Bonchev–Trinajstić information content (AvgIpc) is 2.17. The molecule has 0 amide bonds. The molecule has 0 aromatic heterocycles. The first-order valence-corrected chi connectivity index (χ1v) is 6.13. The Morgan fingerprint density at radius 3 is 2.57 bits per heavy atom. The lowest BCUT2D eigenvalue weighted by atomic mass is 9.92. The van der Waals surface area contributed by atoms with Gasteiger partial charge in [0.2, 0.25) is 0 Å². The highest BCUT2D eigenvalue weighted by Gasteiger charge is 2.32. The molecule has 2 heteroatoms. The fourth-order valence-electron chi connectivity index (χ4n) is 1.52. The number of hydrogen-bond acceptors (Lipinski definition) is 2. The Morgan fingerprint density at radius 1 is 1.29 bits per heavy atom. The third-order valence-electron chi connectivity index (χ3n) is 2.46. The topological polar surface area (TPSA) is 9.23 Å². The molecule has 0 radical (unpaired) electrons. The maximum absolute atomic E-state index is 5.23. The van der Waals surface area contributed by atoms with E-state index in [1.165, 1.54) is 11.3 Å². The Balaban J connectivity index is 1.73. The first-order valence-electron chi connectivity index (χ1n) is 4.98. The normalized spacial score (nSPS) is 18.9. The monoisotopic (exact) mass is 208 g/mol. The molecule has 76 valence electrons. The lowest BCUT2D eigenvalue weighted by Crippen LogP contribution is -2.41. The summed E-state index contributed by atoms with van der Waals surface area (Å²) in [6.07, 6.45) is 0. The smallest absolute Gasteiger partial charge is 0.0550 e. The molecule has 0 N–H and O–H groups in total. The van der Waals surface area contributed by atoms with Gasteiger partial charge < -0.3 is 4.74 Å². The Labute approximate surface area is 89.9 Å². The maximum atomic E-state index is 5.23. The highest BCUT2D eigenvalue weighted by Crippen LogP contribution is 2.31. The van der Waals surface area contributed by atoms with E-state index in [2.05, 4.69) is 37.3 Å². The van der Waals surface area contributed by atoms with Crippen LogP contribution in [0, 0.1) is 5.41 Å². The predicted molar refractivity (Wildman–Crippen MR) is 61.5 cm³/mol. The van der Waals surface area contributed by atoms with Gasteiger partial charge in [-0.1, -0.05) is 37.3 Å². The van der Waals surface area contributed by atoms with Crippen LogP contribution in [0.4, 0.5) is 0 Å². The van der Waals surface area contributed by atoms with Crippen molar-refractivity contribution in [2.24, 2.45) is 5.41 Å². The molecule has 1 nitrogen and oxygen atoms in total. The van der Waals surface area contributed by atoms with Gasteiger partial charge in [-0.2, -0.15) is 11.8 Å². The van der Waals surface area contributed by atoms with E-state index in [1.807, 2.05) is 11.8 Å². The molecule has 1 fully saturated rings. The van der Waals surface area contributed by atoms with Crippen LogP contribution < -0.4 is 0 Å². The van der Waals surface area contributed by atoms with Gasteiger partial charge in [0.05, 0.1) is 13.2 Å². The highest BCUT2D eigenvalue weighted by molar-refractivity contribution is 7.98. The van der Waals surface area contributed by atoms with Crippen molar-refractivity contribution in [1.29, 1.82) is 0 Å². The molecular formula is C12H16OS. The van der Waals surface area contributed by atoms with E-state index in [0.717, 1.165) is 19.0 Å². The number of benzene rings is 1. The summed E-state index contributed by atoms with van der Waals surface area (Å²) >= 11 is 2.01. The quantitative estimate of drug-likeness (QED) is 0.752. The minimum Gasteiger partial charge on any atom is -0.380 e. The number of ether oxygens (including phenoxy) is 1. The van der Waals surface area contributed by atoms with Gasteiger partial charge in [-0.05, 0) is 5.56 Å². The Hall–Kier alpha value is -0.470. The molecule has 1 aromatic rings. The van der Waals surface area contributed by atoms with Crippen molar-refractivity contribution in [3.8, 4) is 0 Å². The molecule has 0 unspecified atom stereocenters. The van der Waals surface area contributed by atoms with Crippen LogP contribution in [0.15, 0.2) is 30.3 Å². The van der Waals surface area contributed by atoms with Gasteiger partial charge in [-0.3, -0.25) is 0 Å². The van der Waals surface area contributed by atoms with Crippen LogP contribution in [0.25, 0.3) is 0 Å². The van der Waals surface area contributed by atoms with E-state index in [4.69, 9.17) is 4.74 Å². The van der Waals surface area contributed by atoms with Crippen LogP contribution >= 0.6 is 11.8 Å². The molecule has 0 atom stereocenters. The second-order valence-corrected chi connectivity index (χ2v) is 5.27. The van der Waals surface area contributed by atoms with Crippen LogP contribution in [0.2, 0.25) is 0 Å². The van der Waals surface area contributed by atoms with Gasteiger partial charge >= 0.3 is 0 Å². The summed E-state index contributed by atoms with van der Waals surface area (Å²) in [4.78, 5) is 0. The molecule has 0 bridgehead atoms. The minimum atomic E-state index is 0.444. The lowest BCUT2D eigenvalue weighted by molar-refractivity contribution is -0.0861. The van der Waals surface area contributed by atoms with Crippen LogP contribution in [0.1, 0.15) is 12.5 Å². The first kappa shape index (κ1) is 10.1. The number of thioether (sulfide) groups is 1. The van der Waals surface area contributed by atoms with Crippen molar-refractivity contribution < 1.29 is 4.74 Å². The summed E-state index contributed by atoms with van der Waals surface area (Å²) in [7, 11) is 0. The molecule has 1 aliphatic rings. The molecule has 14 heavy (non-hydrogen) atoms. The molecule has 0 aliphatic carbocycles. The van der Waals surface area contributed by atoms with E-state index >= 15 is 0 Å². The van der Waals surface area contributed by atoms with E-state index < -0.39 is 0 Å². The standard InChI is InChI=1S/C12H16OS/c1-12(8-13-9-12)10-14-7-11-5-3-2-4-6-11/h2-6H,7-10H2,1H3. The predicted octanol–water partition coefficient (Wildman–Crippen LogP) is 2.96. The van der Waals surface area contributed by atoms with Gasteiger partial charge in [0.15, 0.2) is 0 Å².